The minimum atomic E-state index is -0.847. The molecule has 0 saturated heterocycles. The van der Waals surface area contributed by atoms with Crippen LogP contribution < -0.4 is 4.74 Å². The van der Waals surface area contributed by atoms with Crippen molar-refractivity contribution >= 4 is 23.4 Å². The monoisotopic (exact) mass is 405 g/mol. The number of ether oxygens (including phenoxy) is 2. The van der Waals surface area contributed by atoms with Crippen molar-refractivity contribution in [2.45, 2.75) is 0 Å². The summed E-state index contributed by atoms with van der Waals surface area (Å²) in [6, 6.07) is 19.3. The molecular weight excluding hydrogens is 390 g/mol. The topological polar surface area (TPSA) is 113 Å². The summed E-state index contributed by atoms with van der Waals surface area (Å²) in [7, 11) is 0. The molecule has 0 atom stereocenters. The molecule has 0 aliphatic carbocycles. The van der Waals surface area contributed by atoms with Gasteiger partial charge in [-0.05, 0) is 42.5 Å². The van der Waals surface area contributed by atoms with Gasteiger partial charge in [-0.2, -0.15) is 0 Å². The number of esters is 2. The summed E-state index contributed by atoms with van der Waals surface area (Å²) in [5.74, 6) is -1.59. The predicted molar refractivity (Wildman–Crippen MR) is 106 cm³/mol. The number of nitrogens with zero attached hydrogens (tertiary/aromatic N) is 1. The van der Waals surface area contributed by atoms with E-state index in [1.165, 1.54) is 42.5 Å². The summed E-state index contributed by atoms with van der Waals surface area (Å²) in [6.07, 6.45) is 0. The molecular formula is C22H15NO7. The van der Waals surface area contributed by atoms with Gasteiger partial charge in [-0.25, -0.2) is 9.59 Å². The molecule has 0 amide bonds. The first-order valence-electron chi connectivity index (χ1n) is 8.76. The van der Waals surface area contributed by atoms with Gasteiger partial charge in [0.25, 0.3) is 5.69 Å². The van der Waals surface area contributed by atoms with Crippen LogP contribution in [0.25, 0.3) is 0 Å². The van der Waals surface area contributed by atoms with E-state index in [1.54, 1.807) is 30.3 Å². The number of non-ortho nitro benzene ring substituents is 1. The highest BCUT2D eigenvalue weighted by Crippen LogP contribution is 2.16. The van der Waals surface area contributed by atoms with Crippen LogP contribution in [0.15, 0.2) is 78.9 Å². The Balaban J connectivity index is 1.57. The lowest BCUT2D eigenvalue weighted by atomic mass is 10.1. The van der Waals surface area contributed by atoms with Crippen molar-refractivity contribution in [2.24, 2.45) is 0 Å². The second kappa shape index (κ2) is 9.24. The number of hydrogen-bond acceptors (Lipinski definition) is 7. The van der Waals surface area contributed by atoms with E-state index in [1.807, 2.05) is 0 Å². The zero-order valence-corrected chi connectivity index (χ0v) is 15.5. The van der Waals surface area contributed by atoms with Crippen LogP contribution in [0.4, 0.5) is 5.69 Å². The van der Waals surface area contributed by atoms with Gasteiger partial charge in [-0.3, -0.25) is 14.9 Å². The van der Waals surface area contributed by atoms with E-state index in [4.69, 9.17) is 9.47 Å². The number of rotatable bonds is 7. The van der Waals surface area contributed by atoms with E-state index in [9.17, 15) is 24.5 Å². The van der Waals surface area contributed by atoms with Gasteiger partial charge in [0.05, 0.1) is 16.1 Å². The lowest BCUT2D eigenvalue weighted by Crippen LogP contribution is -2.14. The van der Waals surface area contributed by atoms with Crippen molar-refractivity contribution in [1.29, 1.82) is 0 Å². The van der Waals surface area contributed by atoms with Gasteiger partial charge in [0.1, 0.15) is 5.75 Å². The third kappa shape index (κ3) is 5.14. The first-order valence-corrected chi connectivity index (χ1v) is 8.76. The second-order valence-corrected chi connectivity index (χ2v) is 6.09. The first-order chi connectivity index (χ1) is 14.4. The maximum Gasteiger partial charge on any atom is 0.343 e. The zero-order valence-electron chi connectivity index (χ0n) is 15.5. The Labute approximate surface area is 170 Å². The van der Waals surface area contributed by atoms with E-state index in [0.717, 1.165) is 6.07 Å². The van der Waals surface area contributed by atoms with Gasteiger partial charge >= 0.3 is 11.9 Å². The van der Waals surface area contributed by atoms with Crippen molar-refractivity contribution in [2.75, 3.05) is 6.61 Å². The molecule has 8 nitrogen and oxygen atoms in total. The summed E-state index contributed by atoms with van der Waals surface area (Å²) in [5, 5.41) is 10.8. The van der Waals surface area contributed by atoms with Crippen LogP contribution in [0.1, 0.15) is 31.1 Å². The third-order valence-corrected chi connectivity index (χ3v) is 4.02. The Morgan fingerprint density at radius 2 is 1.43 bits per heavy atom. The molecule has 0 aliphatic heterocycles. The molecule has 0 unspecified atom stereocenters. The highest BCUT2D eigenvalue weighted by atomic mass is 16.6. The molecule has 30 heavy (non-hydrogen) atoms. The van der Waals surface area contributed by atoms with Gasteiger partial charge in [0.2, 0.25) is 0 Å². The Morgan fingerprint density at radius 3 is 2.10 bits per heavy atom. The van der Waals surface area contributed by atoms with Crippen LogP contribution in [-0.2, 0) is 4.74 Å². The van der Waals surface area contributed by atoms with E-state index >= 15 is 0 Å². The van der Waals surface area contributed by atoms with Crippen LogP contribution in [0, 0.1) is 10.1 Å². The van der Waals surface area contributed by atoms with Crippen LogP contribution in [0.3, 0.4) is 0 Å². The molecule has 150 valence electrons. The molecule has 8 heteroatoms. The quantitative estimate of drug-likeness (QED) is 0.193. The van der Waals surface area contributed by atoms with Crippen LogP contribution in [0.2, 0.25) is 0 Å². The maximum absolute atomic E-state index is 12.2. The average molecular weight is 405 g/mol. The Morgan fingerprint density at radius 1 is 0.767 bits per heavy atom. The summed E-state index contributed by atoms with van der Waals surface area (Å²) in [5.41, 5.74) is 0.364. The molecule has 0 aromatic heterocycles. The first kappa shape index (κ1) is 20.4. The number of carbonyl (C=O) groups excluding carboxylic acids is 3. The van der Waals surface area contributed by atoms with Crippen molar-refractivity contribution in [3.05, 3.63) is 106 Å². The highest BCUT2D eigenvalue weighted by Gasteiger charge is 2.15. The molecule has 0 N–H and O–H groups in total. The Bertz CT molecular complexity index is 1090. The minimum absolute atomic E-state index is 0.0276. The van der Waals surface area contributed by atoms with Crippen molar-refractivity contribution in [3.8, 4) is 5.75 Å². The second-order valence-electron chi connectivity index (χ2n) is 6.09. The maximum atomic E-state index is 12.2. The zero-order chi connectivity index (χ0) is 21.5. The summed E-state index contributed by atoms with van der Waals surface area (Å²) >= 11 is 0. The number of ketones is 1. The van der Waals surface area contributed by atoms with Crippen LogP contribution in [-0.4, -0.2) is 29.3 Å². The van der Waals surface area contributed by atoms with Crippen molar-refractivity contribution < 1.29 is 28.8 Å². The third-order valence-electron chi connectivity index (χ3n) is 4.02. The van der Waals surface area contributed by atoms with Crippen molar-refractivity contribution in [1.82, 2.24) is 0 Å². The van der Waals surface area contributed by atoms with Gasteiger partial charge in [-0.15, -0.1) is 0 Å². The summed E-state index contributed by atoms with van der Waals surface area (Å²) in [6.45, 7) is -0.537. The van der Waals surface area contributed by atoms with Gasteiger partial charge in [0, 0.05) is 17.7 Å². The number of nitro benzene ring substituents is 1. The van der Waals surface area contributed by atoms with Crippen LogP contribution in [0.5, 0.6) is 5.75 Å². The molecule has 0 spiro atoms. The van der Waals surface area contributed by atoms with Crippen molar-refractivity contribution in [3.63, 3.8) is 0 Å². The SMILES string of the molecule is O=C(COC(=O)c1cccc([N+](=O)[O-])c1)c1ccc(OC(=O)c2ccccc2)cc1. The fraction of sp³-hybridized carbons (Fsp3) is 0.0455. The average Bonchev–Trinajstić information content (AvgIpc) is 2.78. The fourth-order valence-electron chi connectivity index (χ4n) is 2.49. The molecule has 3 aromatic rings. The fourth-order valence-corrected chi connectivity index (χ4v) is 2.49. The van der Waals surface area contributed by atoms with Gasteiger partial charge in [-0.1, -0.05) is 24.3 Å². The van der Waals surface area contributed by atoms with E-state index in [2.05, 4.69) is 0 Å². The Kier molecular flexibility index (Phi) is 6.29. The largest absolute Gasteiger partial charge is 0.454 e. The lowest BCUT2D eigenvalue weighted by molar-refractivity contribution is -0.384. The van der Waals surface area contributed by atoms with E-state index < -0.39 is 29.3 Å². The molecule has 3 aromatic carbocycles. The van der Waals surface area contributed by atoms with Gasteiger partial charge in [0.15, 0.2) is 12.4 Å². The molecule has 0 saturated carbocycles. The van der Waals surface area contributed by atoms with Crippen LogP contribution >= 0.6 is 0 Å². The minimum Gasteiger partial charge on any atom is -0.454 e. The number of carbonyl (C=O) groups is 3. The number of Topliss-reactive ketones (excluding diaryl/α,β-unsaturated/α-hetero) is 1. The molecule has 0 radical (unpaired) electrons. The molecule has 0 fully saturated rings. The van der Waals surface area contributed by atoms with E-state index in [0.29, 0.717) is 5.56 Å². The number of hydrogen-bond donors (Lipinski definition) is 0. The van der Waals surface area contributed by atoms with Gasteiger partial charge < -0.3 is 9.47 Å². The standard InChI is InChI=1S/C22H15NO7/c24-20(14-29-21(25)17-7-4-8-18(13-17)23(27)28)15-9-11-19(12-10-15)30-22(26)16-5-2-1-3-6-16/h1-13H,14H2. The predicted octanol–water partition coefficient (Wildman–Crippen LogP) is 3.85. The summed E-state index contributed by atoms with van der Waals surface area (Å²) < 4.78 is 10.2. The molecule has 0 heterocycles. The summed E-state index contributed by atoms with van der Waals surface area (Å²) in [4.78, 5) is 46.4. The lowest BCUT2D eigenvalue weighted by Gasteiger charge is -2.07. The van der Waals surface area contributed by atoms with E-state index in [-0.39, 0.29) is 22.6 Å². The number of benzene rings is 3. The molecule has 0 aliphatic rings. The number of nitro groups is 1. The smallest absolute Gasteiger partial charge is 0.343 e. The highest BCUT2D eigenvalue weighted by molar-refractivity contribution is 5.99. The Hall–Kier alpha value is -4.33. The molecule has 0 bridgehead atoms. The molecule has 3 rings (SSSR count). The normalized spacial score (nSPS) is 10.1.